The number of carbonyl (C=O) groups is 2. The monoisotopic (exact) mass is 399 g/mol. The second-order valence-corrected chi connectivity index (χ2v) is 7.34. The van der Waals surface area contributed by atoms with Crippen molar-refractivity contribution in [3.63, 3.8) is 0 Å². The van der Waals surface area contributed by atoms with E-state index in [-0.39, 0.29) is 24.0 Å². The van der Waals surface area contributed by atoms with E-state index in [9.17, 15) is 14.4 Å². The number of aromatic nitrogens is 1. The van der Waals surface area contributed by atoms with Crippen molar-refractivity contribution in [3.05, 3.63) is 64.6 Å². The van der Waals surface area contributed by atoms with E-state index < -0.39 is 5.76 Å². The van der Waals surface area contributed by atoms with Crippen molar-refractivity contribution >= 4 is 34.7 Å². The quantitative estimate of drug-likeness (QED) is 0.471. The molecule has 0 spiro atoms. The van der Waals surface area contributed by atoms with Crippen molar-refractivity contribution in [2.75, 3.05) is 5.75 Å². The third-order valence-electron chi connectivity index (χ3n) is 4.09. The van der Waals surface area contributed by atoms with Crippen molar-refractivity contribution in [1.82, 2.24) is 15.4 Å². The number of nitrogens with one attached hydrogen (secondary N) is 2. The van der Waals surface area contributed by atoms with Gasteiger partial charge in [-0.1, -0.05) is 29.8 Å². The molecule has 0 fully saturated rings. The standard InChI is InChI=1S/C20H21N3O4S/c1-14-8-10-15(11-9-14)28-13-19(25)22-21-18(24)7-4-12-23-16-5-2-3-6-17(16)27-20(23)26/h2-3,5-6,8-11H,4,7,12-13H2,1H3,(H,21,24)(H,22,25). The maximum Gasteiger partial charge on any atom is 0.419 e. The predicted octanol–water partition coefficient (Wildman–Crippen LogP) is 2.62. The van der Waals surface area contributed by atoms with Crippen LogP contribution in [0.4, 0.5) is 0 Å². The number of aryl methyl sites for hydroxylation is 2. The second kappa shape index (κ2) is 9.27. The largest absolute Gasteiger partial charge is 0.419 e. The highest BCUT2D eigenvalue weighted by molar-refractivity contribution is 8.00. The van der Waals surface area contributed by atoms with E-state index in [2.05, 4.69) is 10.9 Å². The van der Waals surface area contributed by atoms with Crippen molar-refractivity contribution < 1.29 is 14.0 Å². The molecule has 2 amide bonds. The molecule has 3 aromatic rings. The molecule has 0 bridgehead atoms. The topological polar surface area (TPSA) is 93.3 Å². The summed E-state index contributed by atoms with van der Waals surface area (Å²) in [6.07, 6.45) is 0.626. The summed E-state index contributed by atoms with van der Waals surface area (Å²) in [7, 11) is 0. The highest BCUT2D eigenvalue weighted by atomic mass is 32.2. The average Bonchev–Trinajstić information content (AvgIpc) is 3.01. The van der Waals surface area contributed by atoms with E-state index >= 15 is 0 Å². The van der Waals surface area contributed by atoms with E-state index in [1.54, 1.807) is 18.2 Å². The normalized spacial score (nSPS) is 10.8. The van der Waals surface area contributed by atoms with Crippen molar-refractivity contribution in [2.45, 2.75) is 31.2 Å². The van der Waals surface area contributed by atoms with Gasteiger partial charge in [0.25, 0.3) is 0 Å². The molecule has 28 heavy (non-hydrogen) atoms. The van der Waals surface area contributed by atoms with E-state index in [0.717, 1.165) is 10.5 Å². The summed E-state index contributed by atoms with van der Waals surface area (Å²) in [6.45, 7) is 2.36. The molecule has 2 N–H and O–H groups in total. The molecule has 146 valence electrons. The lowest BCUT2D eigenvalue weighted by Crippen LogP contribution is -2.42. The van der Waals surface area contributed by atoms with Crippen molar-refractivity contribution in [2.24, 2.45) is 0 Å². The first-order valence-corrected chi connectivity index (χ1v) is 9.87. The Kier molecular flexibility index (Phi) is 6.54. The van der Waals surface area contributed by atoms with Gasteiger partial charge in [-0.3, -0.25) is 25.0 Å². The molecular weight excluding hydrogens is 378 g/mol. The summed E-state index contributed by atoms with van der Waals surface area (Å²) in [4.78, 5) is 36.6. The minimum Gasteiger partial charge on any atom is -0.408 e. The summed E-state index contributed by atoms with van der Waals surface area (Å²) < 4.78 is 6.65. The molecule has 8 heteroatoms. The van der Waals surface area contributed by atoms with Crippen LogP contribution >= 0.6 is 11.8 Å². The van der Waals surface area contributed by atoms with Crippen LogP contribution in [0.25, 0.3) is 11.1 Å². The van der Waals surface area contributed by atoms with Gasteiger partial charge in [-0.15, -0.1) is 11.8 Å². The molecule has 0 aliphatic heterocycles. The Hall–Kier alpha value is -3.00. The summed E-state index contributed by atoms with van der Waals surface area (Å²) in [5, 5.41) is 0. The zero-order chi connectivity index (χ0) is 19.9. The van der Waals surface area contributed by atoms with Gasteiger partial charge in [-0.25, -0.2) is 4.79 Å². The fourth-order valence-electron chi connectivity index (χ4n) is 2.64. The molecule has 0 aliphatic carbocycles. The Morgan fingerprint density at radius 2 is 1.75 bits per heavy atom. The minimum absolute atomic E-state index is 0.178. The summed E-state index contributed by atoms with van der Waals surface area (Å²) in [5.41, 5.74) is 7.18. The lowest BCUT2D eigenvalue weighted by molar-refractivity contribution is -0.127. The second-order valence-electron chi connectivity index (χ2n) is 6.29. The van der Waals surface area contributed by atoms with Gasteiger partial charge >= 0.3 is 5.76 Å². The first-order valence-electron chi connectivity index (χ1n) is 8.88. The van der Waals surface area contributed by atoms with Gasteiger partial charge in [-0.2, -0.15) is 0 Å². The number of hydrogen-bond acceptors (Lipinski definition) is 5. The van der Waals surface area contributed by atoms with Gasteiger partial charge in [0, 0.05) is 17.9 Å². The number of amides is 2. The Morgan fingerprint density at radius 3 is 2.54 bits per heavy atom. The van der Waals surface area contributed by atoms with Crippen molar-refractivity contribution in [3.8, 4) is 0 Å². The average molecular weight is 399 g/mol. The van der Waals surface area contributed by atoms with Gasteiger partial charge in [0.2, 0.25) is 11.8 Å². The number of fused-ring (bicyclic) bond motifs is 1. The number of rotatable bonds is 7. The van der Waals surface area contributed by atoms with Crippen LogP contribution in [-0.2, 0) is 16.1 Å². The number of hydrazine groups is 1. The summed E-state index contributed by atoms with van der Waals surface area (Å²) in [6, 6.07) is 15.0. The molecule has 0 saturated heterocycles. The third kappa shape index (κ3) is 5.26. The lowest BCUT2D eigenvalue weighted by Gasteiger charge is -2.07. The molecule has 3 rings (SSSR count). The van der Waals surface area contributed by atoms with Crippen molar-refractivity contribution in [1.29, 1.82) is 0 Å². The predicted molar refractivity (Wildman–Crippen MR) is 108 cm³/mol. The molecule has 1 heterocycles. The maximum atomic E-state index is 11.9. The molecule has 0 unspecified atom stereocenters. The number of carbonyl (C=O) groups excluding carboxylic acids is 2. The van der Waals surface area contributed by atoms with E-state index in [1.807, 2.05) is 37.3 Å². The van der Waals surface area contributed by atoms with Crippen LogP contribution in [0.1, 0.15) is 18.4 Å². The number of thioether (sulfide) groups is 1. The number of hydrogen-bond donors (Lipinski definition) is 2. The smallest absolute Gasteiger partial charge is 0.408 e. The Labute approximate surface area is 166 Å². The van der Waals surface area contributed by atoms with E-state index in [1.165, 1.54) is 16.3 Å². The van der Waals surface area contributed by atoms with Crippen LogP contribution in [0.2, 0.25) is 0 Å². The Morgan fingerprint density at radius 1 is 1.04 bits per heavy atom. The van der Waals surface area contributed by atoms with Crippen LogP contribution in [0.5, 0.6) is 0 Å². The van der Waals surface area contributed by atoms with E-state index in [4.69, 9.17) is 4.42 Å². The molecule has 0 saturated carbocycles. The van der Waals surface area contributed by atoms with Gasteiger partial charge in [-0.05, 0) is 37.6 Å². The molecule has 0 radical (unpaired) electrons. The van der Waals surface area contributed by atoms with Crippen LogP contribution < -0.4 is 16.6 Å². The fourth-order valence-corrected chi connectivity index (χ4v) is 3.34. The zero-order valence-corrected chi connectivity index (χ0v) is 16.3. The molecule has 7 nitrogen and oxygen atoms in total. The van der Waals surface area contributed by atoms with Gasteiger partial charge in [0.05, 0.1) is 11.3 Å². The number of para-hydroxylation sites is 2. The molecule has 0 atom stereocenters. The minimum atomic E-state index is -0.442. The fraction of sp³-hybridized carbons (Fsp3) is 0.250. The maximum absolute atomic E-state index is 11.9. The van der Waals surface area contributed by atoms with Crippen LogP contribution in [0.3, 0.4) is 0 Å². The van der Waals surface area contributed by atoms with Gasteiger partial charge in [0.15, 0.2) is 5.58 Å². The van der Waals surface area contributed by atoms with Crippen LogP contribution in [-0.4, -0.2) is 22.1 Å². The molecule has 2 aromatic carbocycles. The Bertz CT molecular complexity index is 1020. The van der Waals surface area contributed by atoms with E-state index in [0.29, 0.717) is 24.1 Å². The number of benzene rings is 2. The SMILES string of the molecule is Cc1ccc(SCC(=O)NNC(=O)CCCn2c(=O)oc3ccccc32)cc1. The molecule has 0 aliphatic rings. The Balaban J connectivity index is 1.38. The van der Waals surface area contributed by atoms with Crippen LogP contribution in [0.15, 0.2) is 62.6 Å². The van der Waals surface area contributed by atoms with Crippen LogP contribution in [0, 0.1) is 6.92 Å². The lowest BCUT2D eigenvalue weighted by atomic mass is 10.2. The molecule has 1 aromatic heterocycles. The summed E-state index contributed by atoms with van der Waals surface area (Å²) >= 11 is 1.40. The highest BCUT2D eigenvalue weighted by Gasteiger charge is 2.10. The first kappa shape index (κ1) is 19.8. The highest BCUT2D eigenvalue weighted by Crippen LogP contribution is 2.17. The summed E-state index contributed by atoms with van der Waals surface area (Å²) in [5.74, 6) is -0.826. The number of oxazole rings is 1. The molecular formula is C20H21N3O4S. The van der Waals surface area contributed by atoms with Gasteiger partial charge in [0.1, 0.15) is 0 Å². The first-order chi connectivity index (χ1) is 13.5. The third-order valence-corrected chi connectivity index (χ3v) is 5.10. The van der Waals surface area contributed by atoms with Gasteiger partial charge < -0.3 is 4.42 Å². The number of nitrogens with zero attached hydrogens (tertiary/aromatic N) is 1. The zero-order valence-electron chi connectivity index (χ0n) is 15.4.